The topological polar surface area (TPSA) is 58.5 Å². The lowest BCUT2D eigenvalue weighted by Crippen LogP contribution is -2.38. The summed E-state index contributed by atoms with van der Waals surface area (Å²) in [6, 6.07) is 3.82. The molecular formula is C20H33ClN4O. The number of halogens is 1. The summed E-state index contributed by atoms with van der Waals surface area (Å²) in [4.78, 5) is 8.36. The fourth-order valence-electron chi connectivity index (χ4n) is 3.19. The van der Waals surface area contributed by atoms with Crippen LogP contribution in [0, 0.1) is 0 Å². The van der Waals surface area contributed by atoms with Crippen molar-refractivity contribution in [2.45, 2.75) is 63.9 Å². The van der Waals surface area contributed by atoms with E-state index < -0.39 is 0 Å². The second kappa shape index (κ2) is 12.9. The van der Waals surface area contributed by atoms with Gasteiger partial charge in [0.25, 0.3) is 0 Å². The zero-order chi connectivity index (χ0) is 18.5. The second-order valence-corrected chi connectivity index (χ2v) is 7.24. The van der Waals surface area contributed by atoms with Crippen molar-refractivity contribution in [1.82, 2.24) is 15.6 Å². The summed E-state index contributed by atoms with van der Waals surface area (Å²) < 4.78 is 6.03. The molecule has 0 bridgehead atoms. The van der Waals surface area contributed by atoms with Gasteiger partial charge in [-0.05, 0) is 43.7 Å². The van der Waals surface area contributed by atoms with Gasteiger partial charge in [-0.2, -0.15) is 0 Å². The Balaban J connectivity index is 1.49. The van der Waals surface area contributed by atoms with Gasteiger partial charge in [0.1, 0.15) is 5.15 Å². The number of aliphatic imine (C=N–C) groups is 1. The molecule has 1 aromatic heterocycles. The van der Waals surface area contributed by atoms with Crippen LogP contribution in [-0.2, 0) is 11.2 Å². The van der Waals surface area contributed by atoms with E-state index in [9.17, 15) is 0 Å². The minimum Gasteiger partial charge on any atom is -0.378 e. The van der Waals surface area contributed by atoms with Crippen LogP contribution in [0.25, 0.3) is 0 Å². The molecule has 2 N–H and O–H groups in total. The maximum absolute atomic E-state index is 6.03. The third kappa shape index (κ3) is 8.86. The van der Waals surface area contributed by atoms with E-state index in [1.807, 2.05) is 18.3 Å². The van der Waals surface area contributed by atoms with Crippen molar-refractivity contribution in [2.75, 3.05) is 26.7 Å². The largest absolute Gasteiger partial charge is 0.378 e. The SMILES string of the molecule is CN=C(NCCCCOC1CCCCCC1)NCCc1ccc(Cl)nc1. The quantitative estimate of drug-likeness (QED) is 0.224. The highest BCUT2D eigenvalue weighted by molar-refractivity contribution is 6.29. The molecule has 1 fully saturated rings. The molecule has 0 unspecified atom stereocenters. The van der Waals surface area contributed by atoms with Gasteiger partial charge in [0, 0.05) is 32.9 Å². The normalized spacial score (nSPS) is 16.3. The number of nitrogens with zero attached hydrogens (tertiary/aromatic N) is 2. The predicted octanol–water partition coefficient (Wildman–Crippen LogP) is 3.96. The average Bonchev–Trinajstić information content (AvgIpc) is 2.93. The summed E-state index contributed by atoms with van der Waals surface area (Å²) in [6.45, 7) is 2.60. The molecule has 1 saturated carbocycles. The second-order valence-electron chi connectivity index (χ2n) is 6.86. The molecule has 2 rings (SSSR count). The minimum atomic E-state index is 0.502. The van der Waals surface area contributed by atoms with Gasteiger partial charge < -0.3 is 15.4 Å². The van der Waals surface area contributed by atoms with Crippen LogP contribution in [-0.4, -0.2) is 43.8 Å². The standard InChI is InChI=1S/C20H33ClN4O/c1-22-20(24-14-12-17-10-11-19(21)25-16-17)23-13-6-7-15-26-18-8-4-2-3-5-9-18/h10-11,16,18H,2-9,12-15H2,1H3,(H2,22,23,24). The monoisotopic (exact) mass is 380 g/mol. The molecular weight excluding hydrogens is 348 g/mol. The van der Waals surface area contributed by atoms with Crippen molar-refractivity contribution >= 4 is 17.6 Å². The van der Waals surface area contributed by atoms with Gasteiger partial charge in [-0.25, -0.2) is 4.98 Å². The minimum absolute atomic E-state index is 0.502. The van der Waals surface area contributed by atoms with Crippen LogP contribution in [0.3, 0.4) is 0 Å². The predicted molar refractivity (Wildman–Crippen MR) is 109 cm³/mol. The van der Waals surface area contributed by atoms with Crippen molar-refractivity contribution in [2.24, 2.45) is 4.99 Å². The van der Waals surface area contributed by atoms with Crippen LogP contribution < -0.4 is 10.6 Å². The molecule has 0 atom stereocenters. The van der Waals surface area contributed by atoms with Crippen LogP contribution >= 0.6 is 11.6 Å². The van der Waals surface area contributed by atoms with Crippen molar-refractivity contribution in [3.8, 4) is 0 Å². The molecule has 1 aliphatic carbocycles. The molecule has 5 nitrogen and oxygen atoms in total. The first-order valence-corrected chi connectivity index (χ1v) is 10.3. The number of guanidine groups is 1. The van der Waals surface area contributed by atoms with Crippen molar-refractivity contribution in [1.29, 1.82) is 0 Å². The Labute approximate surface area is 163 Å². The van der Waals surface area contributed by atoms with Crippen molar-refractivity contribution < 1.29 is 4.74 Å². The Kier molecular flexibility index (Phi) is 10.4. The summed E-state index contributed by atoms with van der Waals surface area (Å²) in [7, 11) is 1.80. The molecule has 0 radical (unpaired) electrons. The Morgan fingerprint density at radius 2 is 1.92 bits per heavy atom. The molecule has 0 spiro atoms. The maximum Gasteiger partial charge on any atom is 0.190 e. The van der Waals surface area contributed by atoms with E-state index in [0.29, 0.717) is 11.3 Å². The first kappa shape index (κ1) is 21.0. The molecule has 0 amide bonds. The van der Waals surface area contributed by atoms with Gasteiger partial charge in [-0.15, -0.1) is 0 Å². The number of pyridine rings is 1. The molecule has 1 aliphatic rings. The first-order valence-electron chi connectivity index (χ1n) is 9.94. The fourth-order valence-corrected chi connectivity index (χ4v) is 3.30. The fraction of sp³-hybridized carbons (Fsp3) is 0.700. The Bertz CT molecular complexity index is 513. The molecule has 146 valence electrons. The van der Waals surface area contributed by atoms with Crippen LogP contribution in [0.1, 0.15) is 56.9 Å². The number of aromatic nitrogens is 1. The number of nitrogens with one attached hydrogen (secondary N) is 2. The molecule has 0 saturated heterocycles. The van der Waals surface area contributed by atoms with E-state index in [2.05, 4.69) is 20.6 Å². The highest BCUT2D eigenvalue weighted by Gasteiger charge is 2.11. The van der Waals surface area contributed by atoms with Crippen LogP contribution in [0.15, 0.2) is 23.3 Å². The average molecular weight is 381 g/mol. The number of ether oxygens (including phenoxy) is 1. The van der Waals surface area contributed by atoms with Gasteiger partial charge >= 0.3 is 0 Å². The molecule has 6 heteroatoms. The number of hydrogen-bond donors (Lipinski definition) is 2. The van der Waals surface area contributed by atoms with Crippen LogP contribution in [0.5, 0.6) is 0 Å². The Hall–Kier alpha value is -1.33. The highest BCUT2D eigenvalue weighted by atomic mass is 35.5. The van der Waals surface area contributed by atoms with Gasteiger partial charge in [0.2, 0.25) is 0 Å². The van der Waals surface area contributed by atoms with E-state index in [4.69, 9.17) is 16.3 Å². The zero-order valence-electron chi connectivity index (χ0n) is 16.0. The lowest BCUT2D eigenvalue weighted by Gasteiger charge is -2.15. The van der Waals surface area contributed by atoms with Gasteiger partial charge in [0.05, 0.1) is 6.10 Å². The molecule has 0 aromatic carbocycles. The molecule has 0 aliphatic heterocycles. The lowest BCUT2D eigenvalue weighted by molar-refractivity contribution is 0.0411. The van der Waals surface area contributed by atoms with Crippen molar-refractivity contribution in [3.63, 3.8) is 0 Å². The van der Waals surface area contributed by atoms with Crippen molar-refractivity contribution in [3.05, 3.63) is 29.0 Å². The first-order chi connectivity index (χ1) is 12.8. The van der Waals surface area contributed by atoms with E-state index in [0.717, 1.165) is 50.5 Å². The lowest BCUT2D eigenvalue weighted by atomic mass is 10.1. The number of unbranched alkanes of at least 4 members (excludes halogenated alkanes) is 1. The summed E-state index contributed by atoms with van der Waals surface area (Å²) in [5.74, 6) is 0.844. The van der Waals surface area contributed by atoms with E-state index in [-0.39, 0.29) is 0 Å². The third-order valence-electron chi connectivity index (χ3n) is 4.74. The zero-order valence-corrected chi connectivity index (χ0v) is 16.7. The highest BCUT2D eigenvalue weighted by Crippen LogP contribution is 2.19. The smallest absolute Gasteiger partial charge is 0.190 e. The Morgan fingerprint density at radius 1 is 1.15 bits per heavy atom. The molecule has 26 heavy (non-hydrogen) atoms. The summed E-state index contributed by atoms with van der Waals surface area (Å²) in [6.07, 6.45) is 13.3. The summed E-state index contributed by atoms with van der Waals surface area (Å²) in [5, 5.41) is 7.22. The molecule has 1 aromatic rings. The van der Waals surface area contributed by atoms with E-state index >= 15 is 0 Å². The van der Waals surface area contributed by atoms with Gasteiger partial charge in [0.15, 0.2) is 5.96 Å². The maximum atomic E-state index is 6.03. The van der Waals surface area contributed by atoms with Crippen LogP contribution in [0.2, 0.25) is 5.15 Å². The van der Waals surface area contributed by atoms with Gasteiger partial charge in [-0.3, -0.25) is 4.99 Å². The summed E-state index contributed by atoms with van der Waals surface area (Å²) >= 11 is 5.80. The molecule has 1 heterocycles. The Morgan fingerprint density at radius 3 is 2.62 bits per heavy atom. The van der Waals surface area contributed by atoms with Gasteiger partial charge in [-0.1, -0.05) is 43.4 Å². The summed E-state index contributed by atoms with van der Waals surface area (Å²) in [5.41, 5.74) is 1.16. The number of hydrogen-bond acceptors (Lipinski definition) is 3. The van der Waals surface area contributed by atoms with Crippen LogP contribution in [0.4, 0.5) is 0 Å². The number of rotatable bonds is 9. The van der Waals surface area contributed by atoms with E-state index in [1.165, 1.54) is 38.5 Å². The third-order valence-corrected chi connectivity index (χ3v) is 4.96. The van der Waals surface area contributed by atoms with E-state index in [1.54, 1.807) is 7.05 Å².